The minimum absolute atomic E-state index is 0.351. The van der Waals surface area contributed by atoms with Crippen molar-refractivity contribution in [2.24, 2.45) is 0 Å². The molecule has 2 aromatic carbocycles. The Labute approximate surface area is 160 Å². The van der Waals surface area contributed by atoms with Crippen LogP contribution >= 0.6 is 22.6 Å². The average molecular weight is 454 g/mol. The van der Waals surface area contributed by atoms with E-state index in [4.69, 9.17) is 9.47 Å². The van der Waals surface area contributed by atoms with E-state index in [1.165, 1.54) is 7.11 Å². The Bertz CT molecular complexity index is 764. The van der Waals surface area contributed by atoms with Gasteiger partial charge in [0.1, 0.15) is 0 Å². The van der Waals surface area contributed by atoms with Crippen LogP contribution in [0, 0.1) is 3.57 Å². The van der Waals surface area contributed by atoms with Crippen LogP contribution in [-0.4, -0.2) is 25.5 Å². The molecule has 2 rings (SSSR count). The van der Waals surface area contributed by atoms with Crippen molar-refractivity contribution in [2.75, 3.05) is 13.7 Å². The fourth-order valence-electron chi connectivity index (χ4n) is 2.04. The van der Waals surface area contributed by atoms with E-state index in [1.54, 1.807) is 30.3 Å². The normalized spacial score (nSPS) is 10.0. The first kappa shape index (κ1) is 19.0. The molecule has 0 aliphatic carbocycles. The third kappa shape index (κ3) is 5.09. The molecule has 0 spiro atoms. The molecule has 0 aliphatic rings. The minimum atomic E-state index is -0.445. The van der Waals surface area contributed by atoms with Gasteiger partial charge in [-0.05, 0) is 59.3 Å². The van der Waals surface area contributed by atoms with Gasteiger partial charge in [0, 0.05) is 9.13 Å². The summed E-state index contributed by atoms with van der Waals surface area (Å²) < 4.78 is 11.6. The van der Waals surface area contributed by atoms with E-state index in [1.807, 2.05) is 19.1 Å². The molecule has 2 N–H and O–H groups in total. The molecule has 0 aromatic heterocycles. The maximum Gasteiger partial charge on any atom is 0.270 e. The highest BCUT2D eigenvalue weighted by Gasteiger charge is 2.13. The Hall–Kier alpha value is -2.29. The van der Waals surface area contributed by atoms with Crippen LogP contribution in [0.3, 0.4) is 0 Å². The highest BCUT2D eigenvalue weighted by molar-refractivity contribution is 14.1. The molecule has 25 heavy (non-hydrogen) atoms. The van der Waals surface area contributed by atoms with E-state index < -0.39 is 5.91 Å². The highest BCUT2D eigenvalue weighted by Crippen LogP contribution is 2.28. The molecule has 0 saturated heterocycles. The second kappa shape index (κ2) is 9.26. The van der Waals surface area contributed by atoms with Crippen molar-refractivity contribution in [2.45, 2.75) is 13.3 Å². The first-order valence-corrected chi connectivity index (χ1v) is 8.80. The maximum atomic E-state index is 12.2. The van der Waals surface area contributed by atoms with Crippen LogP contribution in [0.2, 0.25) is 0 Å². The molecule has 132 valence electrons. The van der Waals surface area contributed by atoms with Gasteiger partial charge >= 0.3 is 0 Å². The van der Waals surface area contributed by atoms with Crippen molar-refractivity contribution in [3.05, 3.63) is 57.2 Å². The first-order valence-electron chi connectivity index (χ1n) is 7.72. The summed E-state index contributed by atoms with van der Waals surface area (Å²) in [4.78, 5) is 24.4. The Morgan fingerprint density at radius 1 is 1.04 bits per heavy atom. The number of benzene rings is 2. The van der Waals surface area contributed by atoms with Crippen LogP contribution in [0.1, 0.15) is 34.1 Å². The monoisotopic (exact) mass is 454 g/mol. The van der Waals surface area contributed by atoms with E-state index in [-0.39, 0.29) is 5.91 Å². The van der Waals surface area contributed by atoms with Gasteiger partial charge in [-0.25, -0.2) is 0 Å². The number of halogens is 1. The third-order valence-electron chi connectivity index (χ3n) is 3.30. The Balaban J connectivity index is 2.03. The van der Waals surface area contributed by atoms with E-state index in [0.717, 1.165) is 9.99 Å². The van der Waals surface area contributed by atoms with E-state index in [9.17, 15) is 9.59 Å². The van der Waals surface area contributed by atoms with Crippen molar-refractivity contribution in [1.82, 2.24) is 10.9 Å². The maximum absolute atomic E-state index is 12.2. The summed E-state index contributed by atoms with van der Waals surface area (Å²) >= 11 is 2.06. The summed E-state index contributed by atoms with van der Waals surface area (Å²) in [6.07, 6.45) is 0.871. The fraction of sp³-hybridized carbons (Fsp3) is 0.222. The van der Waals surface area contributed by atoms with Gasteiger partial charge in [-0.2, -0.15) is 0 Å². The smallest absolute Gasteiger partial charge is 0.270 e. The zero-order valence-electron chi connectivity index (χ0n) is 14.0. The van der Waals surface area contributed by atoms with Crippen LogP contribution in [0.5, 0.6) is 11.5 Å². The van der Waals surface area contributed by atoms with Gasteiger partial charge < -0.3 is 9.47 Å². The summed E-state index contributed by atoms with van der Waals surface area (Å²) in [6.45, 7) is 2.57. The van der Waals surface area contributed by atoms with Crippen LogP contribution in [0.15, 0.2) is 42.5 Å². The lowest BCUT2D eigenvalue weighted by Crippen LogP contribution is -2.41. The van der Waals surface area contributed by atoms with Crippen molar-refractivity contribution in [1.29, 1.82) is 0 Å². The quantitative estimate of drug-likeness (QED) is 0.520. The fourth-order valence-corrected chi connectivity index (χ4v) is 2.67. The van der Waals surface area contributed by atoms with Crippen molar-refractivity contribution in [3.63, 3.8) is 0 Å². The van der Waals surface area contributed by atoms with Crippen molar-refractivity contribution >= 4 is 34.4 Å². The predicted molar refractivity (Wildman–Crippen MR) is 103 cm³/mol. The molecule has 0 aliphatic heterocycles. The minimum Gasteiger partial charge on any atom is -0.493 e. The summed E-state index contributed by atoms with van der Waals surface area (Å²) in [6, 6.07) is 12.0. The molecule has 0 bridgehead atoms. The number of hydrogen-bond donors (Lipinski definition) is 2. The van der Waals surface area contributed by atoms with Crippen molar-refractivity contribution in [3.8, 4) is 11.5 Å². The highest BCUT2D eigenvalue weighted by atomic mass is 127. The number of rotatable bonds is 6. The summed E-state index contributed by atoms with van der Waals surface area (Å²) in [7, 11) is 1.51. The first-order chi connectivity index (χ1) is 12.1. The van der Waals surface area contributed by atoms with Crippen LogP contribution in [0.4, 0.5) is 0 Å². The summed E-state index contributed by atoms with van der Waals surface area (Å²) in [5, 5.41) is 0. The van der Waals surface area contributed by atoms with Gasteiger partial charge in [0.2, 0.25) is 0 Å². The molecule has 6 nitrogen and oxygen atoms in total. The summed E-state index contributed by atoms with van der Waals surface area (Å²) in [5.74, 6) is 0.210. The van der Waals surface area contributed by atoms with Crippen molar-refractivity contribution < 1.29 is 19.1 Å². The lowest BCUT2D eigenvalue weighted by molar-refractivity contribution is 0.0846. The van der Waals surface area contributed by atoms with Gasteiger partial charge in [-0.15, -0.1) is 0 Å². The number of methoxy groups -OCH3 is 1. The van der Waals surface area contributed by atoms with E-state index >= 15 is 0 Å². The molecule has 7 heteroatoms. The molecular weight excluding hydrogens is 435 g/mol. The molecule has 2 amide bonds. The molecule has 0 unspecified atom stereocenters. The van der Waals surface area contributed by atoms with Gasteiger partial charge in [0.25, 0.3) is 11.8 Å². The third-order valence-corrected chi connectivity index (χ3v) is 4.24. The average Bonchev–Trinajstić information content (AvgIpc) is 2.64. The van der Waals surface area contributed by atoms with Crippen LogP contribution in [0.25, 0.3) is 0 Å². The standard InChI is InChI=1S/C18H19IN2O4/c1-3-10-25-15-9-8-12(11-16(15)24-2)17(22)20-21-18(23)13-6-4-5-7-14(13)19/h4-9,11H,3,10H2,1-2H3,(H,20,22)(H,21,23). The van der Waals surface area contributed by atoms with E-state index in [0.29, 0.717) is 29.2 Å². The Kier molecular flexibility index (Phi) is 7.05. The lowest BCUT2D eigenvalue weighted by atomic mass is 10.2. The van der Waals surface area contributed by atoms with Gasteiger partial charge in [-0.1, -0.05) is 19.1 Å². The molecule has 0 heterocycles. The van der Waals surface area contributed by atoms with E-state index in [2.05, 4.69) is 33.4 Å². The Morgan fingerprint density at radius 3 is 2.44 bits per heavy atom. The number of nitrogens with one attached hydrogen (secondary N) is 2. The molecule has 0 saturated carbocycles. The molecule has 0 radical (unpaired) electrons. The number of amides is 2. The number of carbonyl (C=O) groups is 2. The molecule has 2 aromatic rings. The SMILES string of the molecule is CCCOc1ccc(C(=O)NNC(=O)c2ccccc2I)cc1OC. The van der Waals surface area contributed by atoms with Gasteiger partial charge in [0.05, 0.1) is 19.3 Å². The van der Waals surface area contributed by atoms with Gasteiger partial charge in [-0.3, -0.25) is 20.4 Å². The number of hydrogen-bond acceptors (Lipinski definition) is 4. The lowest BCUT2D eigenvalue weighted by Gasteiger charge is -2.12. The second-order valence-corrected chi connectivity index (χ2v) is 6.26. The molecular formula is C18H19IN2O4. The number of hydrazine groups is 1. The van der Waals surface area contributed by atoms with Crippen LogP contribution < -0.4 is 20.3 Å². The zero-order valence-corrected chi connectivity index (χ0v) is 16.1. The zero-order chi connectivity index (χ0) is 18.2. The second-order valence-electron chi connectivity index (χ2n) is 5.10. The molecule has 0 fully saturated rings. The molecule has 0 atom stereocenters. The van der Waals surface area contributed by atoms with Crippen LogP contribution in [-0.2, 0) is 0 Å². The number of carbonyl (C=O) groups excluding carboxylic acids is 2. The topological polar surface area (TPSA) is 76.7 Å². The number of ether oxygens (including phenoxy) is 2. The Morgan fingerprint density at radius 2 is 1.76 bits per heavy atom. The predicted octanol–water partition coefficient (Wildman–Crippen LogP) is 3.16. The van der Waals surface area contributed by atoms with Gasteiger partial charge in [0.15, 0.2) is 11.5 Å². The largest absolute Gasteiger partial charge is 0.493 e. The summed E-state index contributed by atoms with van der Waals surface area (Å²) in [5.41, 5.74) is 5.65.